The van der Waals surface area contributed by atoms with E-state index in [9.17, 15) is 4.79 Å². The van der Waals surface area contributed by atoms with E-state index in [0.717, 1.165) is 19.0 Å². The molecule has 0 atom stereocenters. The second-order valence-electron chi connectivity index (χ2n) is 3.71. The number of furan rings is 1. The molecule has 2 N–H and O–H groups in total. The van der Waals surface area contributed by atoms with Gasteiger partial charge < -0.3 is 19.8 Å². The van der Waals surface area contributed by atoms with Crippen LogP contribution in [-0.4, -0.2) is 31.6 Å². The molecule has 1 aromatic rings. The second kappa shape index (κ2) is 8.18. The Kier molecular flexibility index (Phi) is 6.49. The molecule has 1 aromatic heterocycles. The maximum atomic E-state index is 11.4. The summed E-state index contributed by atoms with van der Waals surface area (Å²) in [5.41, 5.74) is 0. The summed E-state index contributed by atoms with van der Waals surface area (Å²) in [5, 5.41) is 6.22. The van der Waals surface area contributed by atoms with Crippen LogP contribution in [0.3, 0.4) is 0 Å². The average Bonchev–Trinajstić information content (AvgIpc) is 2.86. The molecule has 0 spiro atoms. The van der Waals surface area contributed by atoms with Crippen LogP contribution >= 0.6 is 0 Å². The number of carbonyl (C=O) groups is 1. The Labute approximate surface area is 113 Å². The van der Waals surface area contributed by atoms with Crippen molar-refractivity contribution >= 4 is 11.9 Å². The zero-order chi connectivity index (χ0) is 14.1. The lowest BCUT2D eigenvalue weighted by molar-refractivity contribution is 0.0488. The van der Waals surface area contributed by atoms with Gasteiger partial charge in [-0.3, -0.25) is 0 Å². The average molecular weight is 267 g/mol. The summed E-state index contributed by atoms with van der Waals surface area (Å²) in [7, 11) is 0. The summed E-state index contributed by atoms with van der Waals surface area (Å²) in [4.78, 5) is 15.8. The fourth-order valence-electron chi connectivity index (χ4n) is 1.44. The molecular weight excluding hydrogens is 246 g/mol. The molecule has 0 saturated carbocycles. The molecule has 106 valence electrons. The summed E-state index contributed by atoms with van der Waals surface area (Å²) in [5.74, 6) is 1.10. The number of rotatable bonds is 6. The SMILES string of the molecule is CCNC(=NCc1ccc(C(=O)OCC)o1)NCC. The van der Waals surface area contributed by atoms with E-state index < -0.39 is 5.97 Å². The Morgan fingerprint density at radius 3 is 2.53 bits per heavy atom. The highest BCUT2D eigenvalue weighted by Gasteiger charge is 2.11. The van der Waals surface area contributed by atoms with Crippen molar-refractivity contribution in [2.24, 2.45) is 4.99 Å². The minimum absolute atomic E-state index is 0.209. The van der Waals surface area contributed by atoms with E-state index in [1.54, 1.807) is 19.1 Å². The van der Waals surface area contributed by atoms with Crippen LogP contribution in [0.2, 0.25) is 0 Å². The summed E-state index contributed by atoms with van der Waals surface area (Å²) < 4.78 is 10.2. The Morgan fingerprint density at radius 1 is 1.26 bits per heavy atom. The van der Waals surface area contributed by atoms with Gasteiger partial charge >= 0.3 is 5.97 Å². The highest BCUT2D eigenvalue weighted by atomic mass is 16.5. The van der Waals surface area contributed by atoms with Gasteiger partial charge in [-0.25, -0.2) is 9.79 Å². The first-order chi connectivity index (χ1) is 9.21. The van der Waals surface area contributed by atoms with E-state index >= 15 is 0 Å². The highest BCUT2D eigenvalue weighted by molar-refractivity contribution is 5.86. The fraction of sp³-hybridized carbons (Fsp3) is 0.538. The molecule has 1 rings (SSSR count). The minimum Gasteiger partial charge on any atom is -0.460 e. The van der Waals surface area contributed by atoms with E-state index in [4.69, 9.17) is 9.15 Å². The number of nitrogens with one attached hydrogen (secondary N) is 2. The smallest absolute Gasteiger partial charge is 0.374 e. The molecule has 1 heterocycles. The number of guanidine groups is 1. The molecule has 0 aliphatic rings. The minimum atomic E-state index is -0.448. The maximum absolute atomic E-state index is 11.4. The van der Waals surface area contributed by atoms with Crippen LogP contribution in [0.5, 0.6) is 0 Å². The van der Waals surface area contributed by atoms with E-state index in [0.29, 0.717) is 18.9 Å². The Balaban J connectivity index is 2.61. The summed E-state index contributed by atoms with van der Waals surface area (Å²) in [6.07, 6.45) is 0. The lowest BCUT2D eigenvalue weighted by Crippen LogP contribution is -2.36. The molecule has 0 radical (unpaired) electrons. The number of ether oxygens (including phenoxy) is 1. The van der Waals surface area contributed by atoms with Crippen LogP contribution in [-0.2, 0) is 11.3 Å². The monoisotopic (exact) mass is 267 g/mol. The Morgan fingerprint density at radius 2 is 1.95 bits per heavy atom. The molecule has 6 nitrogen and oxygen atoms in total. The van der Waals surface area contributed by atoms with Gasteiger partial charge in [0.05, 0.1) is 6.61 Å². The molecule has 0 amide bonds. The van der Waals surface area contributed by atoms with Gasteiger partial charge in [0, 0.05) is 13.1 Å². The molecule has 0 unspecified atom stereocenters. The molecule has 0 bridgehead atoms. The van der Waals surface area contributed by atoms with Gasteiger partial charge in [-0.15, -0.1) is 0 Å². The van der Waals surface area contributed by atoms with Gasteiger partial charge in [0.25, 0.3) is 0 Å². The van der Waals surface area contributed by atoms with Gasteiger partial charge in [-0.1, -0.05) is 0 Å². The molecule has 0 aromatic carbocycles. The zero-order valence-electron chi connectivity index (χ0n) is 11.7. The lowest BCUT2D eigenvalue weighted by Gasteiger charge is -2.08. The highest BCUT2D eigenvalue weighted by Crippen LogP contribution is 2.10. The van der Waals surface area contributed by atoms with E-state index in [2.05, 4.69) is 15.6 Å². The lowest BCUT2D eigenvalue weighted by atomic mass is 10.4. The molecular formula is C13H21N3O3. The van der Waals surface area contributed by atoms with Crippen molar-refractivity contribution in [2.45, 2.75) is 27.3 Å². The van der Waals surface area contributed by atoms with E-state index in [1.807, 2.05) is 13.8 Å². The first-order valence-electron chi connectivity index (χ1n) is 6.49. The molecule has 0 aliphatic heterocycles. The number of esters is 1. The standard InChI is InChI=1S/C13H21N3O3/c1-4-14-13(15-5-2)16-9-10-7-8-11(19-10)12(17)18-6-3/h7-8H,4-6,9H2,1-3H3,(H2,14,15,16). The third kappa shape index (κ3) is 5.03. The number of nitrogens with zero attached hydrogens (tertiary/aromatic N) is 1. The van der Waals surface area contributed by atoms with Crippen molar-refractivity contribution in [2.75, 3.05) is 19.7 Å². The molecule has 0 aliphatic carbocycles. The van der Waals surface area contributed by atoms with Gasteiger partial charge in [0.1, 0.15) is 12.3 Å². The number of hydrogen-bond donors (Lipinski definition) is 2. The Hall–Kier alpha value is -1.98. The summed E-state index contributed by atoms with van der Waals surface area (Å²) in [6, 6.07) is 3.33. The topological polar surface area (TPSA) is 75.9 Å². The summed E-state index contributed by atoms with van der Waals surface area (Å²) in [6.45, 7) is 8.03. The quantitative estimate of drug-likeness (QED) is 0.464. The molecule has 0 saturated heterocycles. The number of hydrogen-bond acceptors (Lipinski definition) is 4. The fourth-order valence-corrected chi connectivity index (χ4v) is 1.44. The van der Waals surface area contributed by atoms with Crippen molar-refractivity contribution in [3.05, 3.63) is 23.7 Å². The molecule has 19 heavy (non-hydrogen) atoms. The first kappa shape index (κ1) is 15.1. The van der Waals surface area contributed by atoms with Gasteiger partial charge in [0.2, 0.25) is 5.76 Å². The number of carbonyl (C=O) groups excluding carboxylic acids is 1. The van der Waals surface area contributed by atoms with Crippen molar-refractivity contribution in [3.63, 3.8) is 0 Å². The van der Waals surface area contributed by atoms with Crippen molar-refractivity contribution < 1.29 is 13.9 Å². The van der Waals surface area contributed by atoms with Crippen LogP contribution in [0, 0.1) is 0 Å². The third-order valence-corrected chi connectivity index (χ3v) is 2.22. The van der Waals surface area contributed by atoms with Gasteiger partial charge in [-0.05, 0) is 32.9 Å². The normalized spacial score (nSPS) is 9.84. The molecule has 0 fully saturated rings. The van der Waals surface area contributed by atoms with Crippen LogP contribution in [0.1, 0.15) is 37.1 Å². The predicted molar refractivity (Wildman–Crippen MR) is 73.2 cm³/mol. The van der Waals surface area contributed by atoms with Gasteiger partial charge in [0.15, 0.2) is 5.96 Å². The first-order valence-corrected chi connectivity index (χ1v) is 6.49. The van der Waals surface area contributed by atoms with E-state index in [-0.39, 0.29) is 5.76 Å². The molecule has 6 heteroatoms. The Bertz CT molecular complexity index is 419. The van der Waals surface area contributed by atoms with Crippen LogP contribution in [0.15, 0.2) is 21.5 Å². The zero-order valence-corrected chi connectivity index (χ0v) is 11.7. The van der Waals surface area contributed by atoms with Crippen LogP contribution < -0.4 is 10.6 Å². The third-order valence-electron chi connectivity index (χ3n) is 2.22. The second-order valence-corrected chi connectivity index (χ2v) is 3.71. The number of aliphatic imine (C=N–C) groups is 1. The van der Waals surface area contributed by atoms with E-state index in [1.165, 1.54) is 0 Å². The van der Waals surface area contributed by atoms with Crippen molar-refractivity contribution in [1.29, 1.82) is 0 Å². The van der Waals surface area contributed by atoms with Crippen LogP contribution in [0.4, 0.5) is 0 Å². The van der Waals surface area contributed by atoms with Crippen molar-refractivity contribution in [1.82, 2.24) is 10.6 Å². The predicted octanol–water partition coefficient (Wildman–Crippen LogP) is 1.53. The van der Waals surface area contributed by atoms with Crippen molar-refractivity contribution in [3.8, 4) is 0 Å². The summed E-state index contributed by atoms with van der Waals surface area (Å²) >= 11 is 0. The maximum Gasteiger partial charge on any atom is 0.374 e. The largest absolute Gasteiger partial charge is 0.460 e. The van der Waals surface area contributed by atoms with Crippen LogP contribution in [0.25, 0.3) is 0 Å². The van der Waals surface area contributed by atoms with Gasteiger partial charge in [-0.2, -0.15) is 0 Å².